The summed E-state index contributed by atoms with van der Waals surface area (Å²) in [5, 5.41) is 0. The third-order valence-corrected chi connectivity index (χ3v) is 18.3. The van der Waals surface area contributed by atoms with Crippen LogP contribution >= 0.6 is 0 Å². The maximum Gasteiger partial charge on any atom is 0.298 e. The number of sulfone groups is 1. The summed E-state index contributed by atoms with van der Waals surface area (Å²) in [4.78, 5) is -1.49. The molecule has 1 N–H and O–H groups in total. The van der Waals surface area contributed by atoms with E-state index >= 15 is 70.2 Å². The van der Waals surface area contributed by atoms with Gasteiger partial charge in [-0.2, -0.15) is 43.5 Å². The van der Waals surface area contributed by atoms with Crippen LogP contribution in [0.5, 0.6) is 63.2 Å². The third kappa shape index (κ3) is 13.6. The summed E-state index contributed by atoms with van der Waals surface area (Å²) in [5.41, 5.74) is -5.81. The molecule has 11 nitrogen and oxygen atoms in total. The van der Waals surface area contributed by atoms with Crippen LogP contribution in [0.3, 0.4) is 0 Å². The lowest BCUT2D eigenvalue weighted by Crippen LogP contribution is -2.09. The predicted octanol–water partition coefficient (Wildman–Crippen LogP) is 21.6. The van der Waals surface area contributed by atoms with E-state index in [0.29, 0.717) is 28.0 Å². The Balaban J connectivity index is 0.701. The molecule has 0 saturated carbocycles. The molecule has 0 aliphatic heterocycles. The SMILES string of the molecule is COc1ccc(-c2ccc(Oc3c(F)c(F)c(-c4c(F)c(F)c(Oc5ccc(-c6ccc(Oc7c(F)c(F)c(-c8c(F)c(F)c(Oc9ccc(-c%10ccc(Oc%11ccc(S(=O)(=O)c%12ccc(C)cc%12)cc%11S(=O)(=O)O)cc%10)cc9)c(F)c8F)c(F)c7F)cc6)cc5)c(F)c4F)c(F)c3F)cc2)cc1. The van der Waals surface area contributed by atoms with Crippen LogP contribution in [0.25, 0.3) is 55.6 Å². The Morgan fingerprint density at radius 2 is 0.495 bits per heavy atom. The number of hydrogen-bond acceptors (Lipinski definition) is 10. The number of hydrogen-bond donors (Lipinski definition) is 1. The van der Waals surface area contributed by atoms with Gasteiger partial charge in [-0.15, -0.1) is 0 Å². The van der Waals surface area contributed by atoms with Gasteiger partial charge in [0.05, 0.1) is 39.2 Å². The fraction of sp³-hybridized carbons (Fsp3) is 0.0270. The second-order valence-electron chi connectivity index (χ2n) is 22.1. The van der Waals surface area contributed by atoms with Crippen molar-refractivity contribution in [3.8, 4) is 119 Å². The van der Waals surface area contributed by atoms with E-state index < -0.39 is 191 Å². The smallest absolute Gasteiger partial charge is 0.298 e. The highest BCUT2D eigenvalue weighted by Crippen LogP contribution is 2.47. The van der Waals surface area contributed by atoms with Crippen molar-refractivity contribution >= 4 is 20.0 Å². The molecule has 0 bridgehead atoms. The molecule has 0 unspecified atom stereocenters. The molecule has 0 saturated heterocycles. The zero-order valence-corrected chi connectivity index (χ0v) is 53.4. The van der Waals surface area contributed by atoms with E-state index in [1.807, 2.05) is 0 Å². The Bertz CT molecular complexity index is 5490. The standard InChI is InChI=1S/C74H38F16O11S2/c1-34-3-29-47(30-4-34)102(91,92)48-31-32-49(50(33-48)103(93,94)95)97-42-19-7-36(8-20-42)38-11-23-44(24-12-38)99-72-65(85)57(77)53(58(78)66(72)86)54-61(81)69(89)74(70(90)62(54)82)101-46-27-15-40(16-28-46)39-13-25-45(26-14-39)100-73-67(87)59(79)52(60(80)68(73)88)51-55(75)63(83)71(64(84)56(51)76)98-43-21-9-37(10-22-43)35-5-17-41(96-2)18-6-35/h3-33H,1-2H3,(H,93,94,95). The van der Waals surface area contributed by atoms with Gasteiger partial charge in [0.25, 0.3) is 10.1 Å². The van der Waals surface area contributed by atoms with Gasteiger partial charge in [0.1, 0.15) is 45.1 Å². The minimum Gasteiger partial charge on any atom is -0.497 e. The number of benzene rings is 12. The highest BCUT2D eigenvalue weighted by Gasteiger charge is 2.38. The van der Waals surface area contributed by atoms with Crippen molar-refractivity contribution in [1.29, 1.82) is 0 Å². The molecule has 0 fully saturated rings. The van der Waals surface area contributed by atoms with Crippen molar-refractivity contribution in [2.75, 3.05) is 7.11 Å². The van der Waals surface area contributed by atoms with E-state index in [2.05, 4.69) is 0 Å². The van der Waals surface area contributed by atoms with Crippen LogP contribution in [0.15, 0.2) is 203 Å². The molecule has 29 heteroatoms. The molecule has 12 aromatic rings. The summed E-state index contributed by atoms with van der Waals surface area (Å²) in [6.45, 7) is 1.73. The monoisotopic (exact) mass is 1470 g/mol. The Labute approximate surface area is 571 Å². The lowest BCUT2D eigenvalue weighted by molar-refractivity contribution is 0.360. The quantitative estimate of drug-likeness (QED) is 0.0469. The highest BCUT2D eigenvalue weighted by molar-refractivity contribution is 7.91. The molecule has 0 radical (unpaired) electrons. The molecule has 103 heavy (non-hydrogen) atoms. The zero-order chi connectivity index (χ0) is 73.8. The molecular weight excluding hydrogens is 1430 g/mol. The summed E-state index contributed by atoms with van der Waals surface area (Å²) in [5.74, 6) is -48.8. The van der Waals surface area contributed by atoms with Crippen molar-refractivity contribution in [3.05, 3.63) is 287 Å². The van der Waals surface area contributed by atoms with E-state index in [1.165, 1.54) is 92.0 Å². The van der Waals surface area contributed by atoms with Crippen LogP contribution in [0.1, 0.15) is 5.56 Å². The molecule has 0 atom stereocenters. The Morgan fingerprint density at radius 3 is 0.728 bits per heavy atom. The van der Waals surface area contributed by atoms with Gasteiger partial charge in [-0.3, -0.25) is 4.55 Å². The topological polar surface area (TPSA) is 144 Å². The minimum absolute atomic E-state index is 0.0124. The zero-order valence-electron chi connectivity index (χ0n) is 51.8. The Morgan fingerprint density at radius 1 is 0.272 bits per heavy atom. The van der Waals surface area contributed by atoms with Crippen molar-refractivity contribution < 1.29 is 120 Å². The van der Waals surface area contributed by atoms with E-state index in [4.69, 9.17) is 28.4 Å². The summed E-state index contributed by atoms with van der Waals surface area (Å²) >= 11 is 0. The average molecular weight is 1470 g/mol. The summed E-state index contributed by atoms with van der Waals surface area (Å²) in [6.07, 6.45) is 0. The van der Waals surface area contributed by atoms with Gasteiger partial charge in [-0.25, -0.2) is 43.5 Å². The van der Waals surface area contributed by atoms with Crippen LogP contribution < -0.4 is 28.4 Å². The van der Waals surface area contributed by atoms with E-state index in [1.54, 1.807) is 31.2 Å². The summed E-state index contributed by atoms with van der Waals surface area (Å²) < 4.78 is 342. The van der Waals surface area contributed by atoms with Gasteiger partial charge in [-0.05, 0) is 143 Å². The normalized spacial score (nSPS) is 11.6. The van der Waals surface area contributed by atoms with Gasteiger partial charge < -0.3 is 28.4 Å². The summed E-state index contributed by atoms with van der Waals surface area (Å²) in [6, 6.07) is 39.1. The Hall–Kier alpha value is -11.8. The largest absolute Gasteiger partial charge is 0.497 e. The number of aryl methyl sites for hydroxylation is 1. The maximum absolute atomic E-state index is 15.8. The van der Waals surface area contributed by atoms with Crippen LogP contribution in [0.2, 0.25) is 0 Å². The molecule has 0 heterocycles. The van der Waals surface area contributed by atoms with E-state index in [9.17, 15) is 21.4 Å². The minimum atomic E-state index is -5.07. The fourth-order valence-corrected chi connectivity index (χ4v) is 12.4. The predicted molar refractivity (Wildman–Crippen MR) is 339 cm³/mol. The van der Waals surface area contributed by atoms with Gasteiger partial charge in [0.2, 0.25) is 79.4 Å². The summed E-state index contributed by atoms with van der Waals surface area (Å²) in [7, 11) is -7.86. The third-order valence-electron chi connectivity index (χ3n) is 15.7. The van der Waals surface area contributed by atoms with Crippen molar-refractivity contribution in [1.82, 2.24) is 0 Å². The van der Waals surface area contributed by atoms with Gasteiger partial charge in [0.15, 0.2) is 46.5 Å². The number of methoxy groups -OCH3 is 1. The highest BCUT2D eigenvalue weighted by atomic mass is 32.2. The number of rotatable bonds is 19. The molecule has 12 rings (SSSR count). The van der Waals surface area contributed by atoms with Crippen molar-refractivity contribution in [2.24, 2.45) is 0 Å². The van der Waals surface area contributed by atoms with Crippen LogP contribution in [0, 0.1) is 100.0 Å². The average Bonchev–Trinajstić information content (AvgIpc) is 0.751. The lowest BCUT2D eigenvalue weighted by Gasteiger charge is -2.16. The second kappa shape index (κ2) is 28.0. The first kappa shape index (κ1) is 71.0. The van der Waals surface area contributed by atoms with Gasteiger partial charge in [-0.1, -0.05) is 90.5 Å². The molecule has 0 aliphatic carbocycles. The molecule has 0 spiro atoms. The first-order valence-electron chi connectivity index (χ1n) is 29.4. The van der Waals surface area contributed by atoms with Gasteiger partial charge >= 0.3 is 0 Å². The van der Waals surface area contributed by atoms with Gasteiger partial charge in [0, 0.05) is 0 Å². The maximum atomic E-state index is 15.8. The molecular formula is C74H38F16O11S2. The van der Waals surface area contributed by atoms with Crippen molar-refractivity contribution in [2.45, 2.75) is 21.6 Å². The molecule has 524 valence electrons. The molecule has 12 aromatic carbocycles. The first-order chi connectivity index (χ1) is 48.9. The van der Waals surface area contributed by atoms with Crippen LogP contribution in [0.4, 0.5) is 70.2 Å². The van der Waals surface area contributed by atoms with Crippen molar-refractivity contribution in [3.63, 3.8) is 0 Å². The number of halogens is 16. The molecule has 0 amide bonds. The molecule has 0 aromatic heterocycles. The van der Waals surface area contributed by atoms with Crippen LogP contribution in [-0.2, 0) is 20.0 Å². The van der Waals surface area contributed by atoms with E-state index in [-0.39, 0.29) is 27.5 Å². The Kier molecular flexibility index (Phi) is 19.3. The lowest BCUT2D eigenvalue weighted by atomic mass is 10.0. The number of ether oxygens (including phenoxy) is 6. The molecule has 0 aliphatic rings. The fourth-order valence-electron chi connectivity index (χ4n) is 10.4. The second-order valence-corrected chi connectivity index (χ2v) is 25.4. The first-order valence-corrected chi connectivity index (χ1v) is 32.3. The van der Waals surface area contributed by atoms with Crippen LogP contribution in [-0.4, -0.2) is 28.5 Å². The van der Waals surface area contributed by atoms with E-state index in [0.717, 1.165) is 84.4 Å².